The van der Waals surface area contributed by atoms with Crippen LogP contribution in [0.25, 0.3) is 0 Å². The Morgan fingerprint density at radius 1 is 1.38 bits per heavy atom. The van der Waals surface area contributed by atoms with Crippen LogP contribution in [0.15, 0.2) is 29.7 Å². The molecular formula is C16H19N5O3. The van der Waals surface area contributed by atoms with Crippen molar-refractivity contribution in [1.82, 2.24) is 15.2 Å². The highest BCUT2D eigenvalue weighted by molar-refractivity contribution is 6.43. The molecule has 1 spiro atoms. The predicted molar refractivity (Wildman–Crippen MR) is 86.5 cm³/mol. The average Bonchev–Trinajstić information content (AvgIpc) is 3.16. The molecule has 1 atom stereocenters. The van der Waals surface area contributed by atoms with Crippen LogP contribution in [0.4, 0.5) is 10.5 Å². The summed E-state index contributed by atoms with van der Waals surface area (Å²) in [6.45, 7) is 1.07. The largest absolute Gasteiger partial charge is 0.386 e. The minimum Gasteiger partial charge on any atom is -0.386 e. The normalized spacial score (nSPS) is 25.3. The molecule has 2 N–H and O–H groups in total. The molecule has 1 aliphatic carbocycles. The Bertz CT molecular complexity index is 688. The second-order valence-corrected chi connectivity index (χ2v) is 6.58. The van der Waals surface area contributed by atoms with E-state index >= 15 is 0 Å². The van der Waals surface area contributed by atoms with E-state index in [1.54, 1.807) is 29.4 Å². The Labute approximate surface area is 139 Å². The standard InChI is InChI=1S/C16H19N5O3/c22-14(18-12-2-1-6-17-9-12)13-8-16(24-20-13)5-7-21(10-16)15(23)19-11-3-4-11/h1-2,6,9,11H,3-5,7-8,10H2,(H,18,22)(H,19,23)/t16-/m1/s1. The van der Waals surface area contributed by atoms with Crippen molar-refractivity contribution in [3.8, 4) is 0 Å². The Morgan fingerprint density at radius 2 is 2.25 bits per heavy atom. The maximum atomic E-state index is 12.3. The molecule has 1 saturated carbocycles. The molecule has 1 aromatic heterocycles. The molecule has 24 heavy (non-hydrogen) atoms. The van der Waals surface area contributed by atoms with Gasteiger partial charge in [-0.05, 0) is 25.0 Å². The summed E-state index contributed by atoms with van der Waals surface area (Å²) >= 11 is 0. The van der Waals surface area contributed by atoms with Crippen molar-refractivity contribution in [2.45, 2.75) is 37.3 Å². The van der Waals surface area contributed by atoms with Crippen molar-refractivity contribution >= 4 is 23.3 Å². The van der Waals surface area contributed by atoms with Crippen LogP contribution in [0, 0.1) is 0 Å². The maximum absolute atomic E-state index is 12.3. The zero-order valence-electron chi connectivity index (χ0n) is 13.2. The van der Waals surface area contributed by atoms with Crippen molar-refractivity contribution < 1.29 is 14.4 Å². The molecule has 0 bridgehead atoms. The lowest BCUT2D eigenvalue weighted by atomic mass is 9.96. The molecule has 4 rings (SSSR count). The van der Waals surface area contributed by atoms with E-state index in [9.17, 15) is 9.59 Å². The molecule has 3 aliphatic rings. The molecule has 126 valence electrons. The molecule has 2 aliphatic heterocycles. The van der Waals surface area contributed by atoms with Crippen molar-refractivity contribution in [3.05, 3.63) is 24.5 Å². The number of pyridine rings is 1. The number of carbonyl (C=O) groups is 2. The van der Waals surface area contributed by atoms with Crippen LogP contribution in [0.3, 0.4) is 0 Å². The van der Waals surface area contributed by atoms with Crippen LogP contribution in [-0.2, 0) is 9.63 Å². The van der Waals surface area contributed by atoms with E-state index in [-0.39, 0.29) is 11.9 Å². The fraction of sp³-hybridized carbons (Fsp3) is 0.500. The smallest absolute Gasteiger partial charge is 0.317 e. The molecule has 3 amide bonds. The zero-order valence-corrected chi connectivity index (χ0v) is 13.2. The maximum Gasteiger partial charge on any atom is 0.317 e. The molecule has 8 nitrogen and oxygen atoms in total. The van der Waals surface area contributed by atoms with Crippen LogP contribution in [0.5, 0.6) is 0 Å². The van der Waals surface area contributed by atoms with E-state index < -0.39 is 5.60 Å². The number of amides is 3. The average molecular weight is 329 g/mol. The third kappa shape index (κ3) is 3.04. The van der Waals surface area contributed by atoms with Crippen LogP contribution < -0.4 is 10.6 Å². The highest BCUT2D eigenvalue weighted by atomic mass is 16.7. The fourth-order valence-corrected chi connectivity index (χ4v) is 3.01. The second-order valence-electron chi connectivity index (χ2n) is 6.58. The van der Waals surface area contributed by atoms with Gasteiger partial charge in [-0.15, -0.1) is 0 Å². The number of urea groups is 1. The summed E-state index contributed by atoms with van der Waals surface area (Å²) in [7, 11) is 0. The quantitative estimate of drug-likeness (QED) is 0.868. The van der Waals surface area contributed by atoms with Gasteiger partial charge in [0.2, 0.25) is 0 Å². The predicted octanol–water partition coefficient (Wildman–Crippen LogP) is 1.11. The van der Waals surface area contributed by atoms with Gasteiger partial charge in [-0.1, -0.05) is 5.16 Å². The van der Waals surface area contributed by atoms with Gasteiger partial charge < -0.3 is 20.4 Å². The molecular weight excluding hydrogens is 310 g/mol. The number of nitrogens with zero attached hydrogens (tertiary/aromatic N) is 3. The van der Waals surface area contributed by atoms with Gasteiger partial charge >= 0.3 is 6.03 Å². The number of hydrogen-bond donors (Lipinski definition) is 2. The van der Waals surface area contributed by atoms with E-state index in [0.29, 0.717) is 43.4 Å². The minimum absolute atomic E-state index is 0.0498. The van der Waals surface area contributed by atoms with Crippen molar-refractivity contribution in [2.75, 3.05) is 18.4 Å². The number of anilines is 1. The van der Waals surface area contributed by atoms with E-state index in [0.717, 1.165) is 12.8 Å². The Hall–Kier alpha value is -2.64. The molecule has 8 heteroatoms. The summed E-state index contributed by atoms with van der Waals surface area (Å²) in [5.41, 5.74) is 0.397. The second kappa shape index (κ2) is 5.77. The summed E-state index contributed by atoms with van der Waals surface area (Å²) in [5.74, 6) is -0.291. The first-order valence-electron chi connectivity index (χ1n) is 8.15. The van der Waals surface area contributed by atoms with Crippen LogP contribution >= 0.6 is 0 Å². The number of oxime groups is 1. The van der Waals surface area contributed by atoms with Crippen molar-refractivity contribution in [2.24, 2.45) is 5.16 Å². The monoisotopic (exact) mass is 329 g/mol. The van der Waals surface area contributed by atoms with Gasteiger partial charge in [-0.3, -0.25) is 9.78 Å². The first-order chi connectivity index (χ1) is 11.6. The van der Waals surface area contributed by atoms with Crippen molar-refractivity contribution in [3.63, 3.8) is 0 Å². The third-order valence-electron chi connectivity index (χ3n) is 4.53. The van der Waals surface area contributed by atoms with Crippen LogP contribution in [-0.4, -0.2) is 52.3 Å². The van der Waals surface area contributed by atoms with E-state index in [2.05, 4.69) is 20.8 Å². The molecule has 1 aromatic rings. The van der Waals surface area contributed by atoms with E-state index in [1.165, 1.54) is 0 Å². The summed E-state index contributed by atoms with van der Waals surface area (Å²) in [6, 6.07) is 3.79. The molecule has 3 heterocycles. The Kier molecular flexibility index (Phi) is 3.59. The summed E-state index contributed by atoms with van der Waals surface area (Å²) in [4.78, 5) is 35.7. The lowest BCUT2D eigenvalue weighted by molar-refractivity contribution is -0.110. The zero-order chi connectivity index (χ0) is 16.6. The van der Waals surface area contributed by atoms with Gasteiger partial charge in [-0.25, -0.2) is 4.79 Å². The van der Waals surface area contributed by atoms with Gasteiger partial charge in [0.25, 0.3) is 5.91 Å². The Balaban J connectivity index is 1.33. The van der Waals surface area contributed by atoms with Crippen molar-refractivity contribution in [1.29, 1.82) is 0 Å². The number of nitrogens with one attached hydrogen (secondary N) is 2. The number of rotatable bonds is 3. The lowest BCUT2D eigenvalue weighted by Gasteiger charge is -2.21. The summed E-state index contributed by atoms with van der Waals surface area (Å²) in [6.07, 6.45) is 6.42. The van der Waals surface area contributed by atoms with E-state index in [4.69, 9.17) is 4.84 Å². The molecule has 2 fully saturated rings. The minimum atomic E-state index is -0.567. The first-order valence-corrected chi connectivity index (χ1v) is 8.15. The fourth-order valence-electron chi connectivity index (χ4n) is 3.01. The SMILES string of the molecule is O=C(Nc1cccnc1)C1=NO[C@]2(CCN(C(=O)NC3CC3)C2)C1. The van der Waals surface area contributed by atoms with Gasteiger partial charge in [0.1, 0.15) is 5.71 Å². The van der Waals surface area contributed by atoms with Gasteiger partial charge in [0.15, 0.2) is 5.60 Å². The topological polar surface area (TPSA) is 95.9 Å². The number of likely N-dealkylation sites (tertiary alicyclic amines) is 1. The van der Waals surface area contributed by atoms with Gasteiger partial charge in [0.05, 0.1) is 18.4 Å². The number of carbonyl (C=O) groups excluding carboxylic acids is 2. The van der Waals surface area contributed by atoms with Crippen LogP contribution in [0.1, 0.15) is 25.7 Å². The highest BCUT2D eigenvalue weighted by Crippen LogP contribution is 2.34. The summed E-state index contributed by atoms with van der Waals surface area (Å²) in [5, 5.41) is 9.69. The van der Waals surface area contributed by atoms with E-state index in [1.807, 2.05) is 0 Å². The third-order valence-corrected chi connectivity index (χ3v) is 4.53. The molecule has 1 saturated heterocycles. The molecule has 0 radical (unpaired) electrons. The number of aromatic nitrogens is 1. The number of hydrogen-bond acceptors (Lipinski definition) is 5. The molecule has 0 aromatic carbocycles. The lowest BCUT2D eigenvalue weighted by Crippen LogP contribution is -2.42. The van der Waals surface area contributed by atoms with Crippen LogP contribution in [0.2, 0.25) is 0 Å². The van der Waals surface area contributed by atoms with Gasteiger partial charge in [-0.2, -0.15) is 0 Å². The van der Waals surface area contributed by atoms with Gasteiger partial charge in [0, 0.05) is 31.6 Å². The molecule has 0 unspecified atom stereocenters. The summed E-state index contributed by atoms with van der Waals surface area (Å²) < 4.78 is 0. The first kappa shape index (κ1) is 14.9. The highest BCUT2D eigenvalue weighted by Gasteiger charge is 2.48. The Morgan fingerprint density at radius 3 is 3.00 bits per heavy atom.